The molecule has 0 saturated carbocycles. The van der Waals surface area contributed by atoms with Gasteiger partial charge in [0.05, 0.1) is 0 Å². The molecule has 0 amide bonds. The van der Waals surface area contributed by atoms with Gasteiger partial charge in [-0.1, -0.05) is 19.9 Å². The number of hydrogen-bond donors (Lipinski definition) is 0. The predicted octanol–water partition coefficient (Wildman–Crippen LogP) is 1.85. The quantitative estimate of drug-likeness (QED) is 0.580. The maximum absolute atomic E-state index is 8.34. The Morgan fingerprint density at radius 3 is 1.83 bits per heavy atom. The molecular formula is C9H9N3. The Hall–Kier alpha value is -1.87. The summed E-state index contributed by atoms with van der Waals surface area (Å²) < 4.78 is 0. The third-order valence-electron chi connectivity index (χ3n) is 0.978. The fourth-order valence-electron chi connectivity index (χ4n) is 0.559. The lowest BCUT2D eigenvalue weighted by atomic mass is 10.3. The molecule has 0 aliphatic heterocycles. The van der Waals surface area contributed by atoms with Gasteiger partial charge in [0.1, 0.15) is 23.5 Å². The highest BCUT2D eigenvalue weighted by Crippen LogP contribution is 1.94. The van der Waals surface area contributed by atoms with E-state index in [0.717, 1.165) is 0 Å². The van der Waals surface area contributed by atoms with Crippen LogP contribution in [0.4, 0.5) is 0 Å². The summed E-state index contributed by atoms with van der Waals surface area (Å²) in [6.07, 6.45) is 0. The predicted molar refractivity (Wildman–Crippen MR) is 45.0 cm³/mol. The third kappa shape index (κ3) is 2.81. The van der Waals surface area contributed by atoms with E-state index in [1.165, 1.54) is 0 Å². The Balaban J connectivity index is 0.000000561. The summed E-state index contributed by atoms with van der Waals surface area (Å²) in [4.78, 5) is 3.69. The molecule has 12 heavy (non-hydrogen) atoms. The van der Waals surface area contributed by atoms with Gasteiger partial charge in [-0.05, 0) is 12.1 Å². The molecule has 0 bridgehead atoms. The van der Waals surface area contributed by atoms with Crippen molar-refractivity contribution in [2.24, 2.45) is 0 Å². The molecule has 0 unspecified atom stereocenters. The highest BCUT2D eigenvalue weighted by molar-refractivity contribution is 5.27. The Morgan fingerprint density at radius 1 is 1.08 bits per heavy atom. The molecule has 1 rings (SSSR count). The first-order valence-electron chi connectivity index (χ1n) is 3.64. The van der Waals surface area contributed by atoms with Gasteiger partial charge in [0, 0.05) is 0 Å². The SMILES string of the molecule is CC.N#Cc1cccc(C#N)n1. The molecule has 0 fully saturated rings. The Morgan fingerprint density at radius 2 is 1.50 bits per heavy atom. The summed E-state index contributed by atoms with van der Waals surface area (Å²) in [6, 6.07) is 8.42. The number of aromatic nitrogens is 1. The number of pyridine rings is 1. The first kappa shape index (κ1) is 10.1. The monoisotopic (exact) mass is 159 g/mol. The Labute approximate surface area is 71.9 Å². The van der Waals surface area contributed by atoms with E-state index in [0.29, 0.717) is 0 Å². The molecule has 3 nitrogen and oxygen atoms in total. The molecule has 0 atom stereocenters. The molecule has 0 radical (unpaired) electrons. The fourth-order valence-corrected chi connectivity index (χ4v) is 0.559. The second kappa shape index (κ2) is 5.88. The molecule has 0 aliphatic rings. The topological polar surface area (TPSA) is 60.5 Å². The van der Waals surface area contributed by atoms with Crippen molar-refractivity contribution in [2.45, 2.75) is 13.8 Å². The van der Waals surface area contributed by atoms with Crippen molar-refractivity contribution in [1.29, 1.82) is 10.5 Å². The molecule has 60 valence electrons. The van der Waals surface area contributed by atoms with Crippen LogP contribution in [0.15, 0.2) is 18.2 Å². The van der Waals surface area contributed by atoms with Crippen LogP contribution in [0.25, 0.3) is 0 Å². The lowest BCUT2D eigenvalue weighted by molar-refractivity contribution is 1.22. The molecule has 3 heteroatoms. The van der Waals surface area contributed by atoms with Gasteiger partial charge < -0.3 is 0 Å². The largest absolute Gasteiger partial charge is 0.226 e. The van der Waals surface area contributed by atoms with Crippen molar-refractivity contribution in [2.75, 3.05) is 0 Å². The van der Waals surface area contributed by atoms with E-state index in [-0.39, 0.29) is 11.4 Å². The maximum atomic E-state index is 8.34. The minimum atomic E-state index is 0.277. The summed E-state index contributed by atoms with van der Waals surface area (Å²) in [5.74, 6) is 0. The zero-order valence-corrected chi connectivity index (χ0v) is 7.07. The standard InChI is InChI=1S/C7H3N3.C2H6/c8-4-6-2-1-3-7(5-9)10-6;1-2/h1-3H;1-2H3. The summed E-state index contributed by atoms with van der Waals surface area (Å²) in [5, 5.41) is 16.7. The maximum Gasteiger partial charge on any atom is 0.142 e. The zero-order valence-electron chi connectivity index (χ0n) is 7.07. The molecular weight excluding hydrogens is 150 g/mol. The van der Waals surface area contributed by atoms with E-state index >= 15 is 0 Å². The molecule has 0 aliphatic carbocycles. The van der Waals surface area contributed by atoms with Crippen LogP contribution in [-0.4, -0.2) is 4.98 Å². The number of rotatable bonds is 0. The van der Waals surface area contributed by atoms with Crippen LogP contribution in [0.5, 0.6) is 0 Å². The van der Waals surface area contributed by atoms with Crippen molar-refractivity contribution in [3.8, 4) is 12.1 Å². The van der Waals surface area contributed by atoms with E-state index in [9.17, 15) is 0 Å². The second-order valence-corrected chi connectivity index (χ2v) is 1.63. The van der Waals surface area contributed by atoms with Crippen LogP contribution in [0, 0.1) is 22.7 Å². The molecule has 1 heterocycles. The molecule has 0 N–H and O–H groups in total. The van der Waals surface area contributed by atoms with Crippen LogP contribution in [0.1, 0.15) is 25.2 Å². The van der Waals surface area contributed by atoms with E-state index < -0.39 is 0 Å². The highest BCUT2D eigenvalue weighted by Gasteiger charge is 1.91. The van der Waals surface area contributed by atoms with Gasteiger partial charge in [-0.3, -0.25) is 0 Å². The zero-order chi connectivity index (χ0) is 9.40. The van der Waals surface area contributed by atoms with Crippen LogP contribution in [-0.2, 0) is 0 Å². The van der Waals surface area contributed by atoms with Gasteiger partial charge in [-0.2, -0.15) is 10.5 Å². The minimum Gasteiger partial charge on any atom is -0.226 e. The number of nitrogens with zero attached hydrogens (tertiary/aromatic N) is 3. The van der Waals surface area contributed by atoms with Crippen molar-refractivity contribution < 1.29 is 0 Å². The van der Waals surface area contributed by atoms with Gasteiger partial charge in [0.2, 0.25) is 0 Å². The van der Waals surface area contributed by atoms with Gasteiger partial charge >= 0.3 is 0 Å². The minimum absolute atomic E-state index is 0.277. The first-order valence-corrected chi connectivity index (χ1v) is 3.64. The van der Waals surface area contributed by atoms with Gasteiger partial charge in [-0.15, -0.1) is 0 Å². The second-order valence-electron chi connectivity index (χ2n) is 1.63. The lowest BCUT2D eigenvalue weighted by Crippen LogP contribution is -1.84. The molecule has 0 spiro atoms. The van der Waals surface area contributed by atoms with Crippen LogP contribution < -0.4 is 0 Å². The van der Waals surface area contributed by atoms with Gasteiger partial charge in [0.25, 0.3) is 0 Å². The highest BCUT2D eigenvalue weighted by atomic mass is 14.7. The number of hydrogen-bond acceptors (Lipinski definition) is 3. The van der Waals surface area contributed by atoms with E-state index in [1.807, 2.05) is 26.0 Å². The molecule has 1 aromatic rings. The average molecular weight is 159 g/mol. The van der Waals surface area contributed by atoms with E-state index in [4.69, 9.17) is 10.5 Å². The van der Waals surface area contributed by atoms with Crippen LogP contribution in [0.2, 0.25) is 0 Å². The summed E-state index contributed by atoms with van der Waals surface area (Å²) >= 11 is 0. The molecule has 1 aromatic heterocycles. The summed E-state index contributed by atoms with van der Waals surface area (Å²) in [6.45, 7) is 4.00. The average Bonchev–Trinajstić information content (AvgIpc) is 2.21. The van der Waals surface area contributed by atoms with Crippen molar-refractivity contribution in [1.82, 2.24) is 4.98 Å². The molecule has 0 saturated heterocycles. The third-order valence-corrected chi connectivity index (χ3v) is 0.978. The smallest absolute Gasteiger partial charge is 0.142 e. The van der Waals surface area contributed by atoms with Crippen LogP contribution >= 0.6 is 0 Å². The summed E-state index contributed by atoms with van der Waals surface area (Å²) in [5.41, 5.74) is 0.554. The van der Waals surface area contributed by atoms with Crippen molar-refractivity contribution >= 4 is 0 Å². The Kier molecular flexibility index (Phi) is 4.96. The normalized spacial score (nSPS) is 7.00. The van der Waals surface area contributed by atoms with E-state index in [1.54, 1.807) is 18.2 Å². The van der Waals surface area contributed by atoms with Crippen LogP contribution in [0.3, 0.4) is 0 Å². The van der Waals surface area contributed by atoms with Gasteiger partial charge in [-0.25, -0.2) is 4.98 Å². The summed E-state index contributed by atoms with van der Waals surface area (Å²) in [7, 11) is 0. The lowest BCUT2D eigenvalue weighted by Gasteiger charge is -1.85. The van der Waals surface area contributed by atoms with Gasteiger partial charge in [0.15, 0.2) is 0 Å². The van der Waals surface area contributed by atoms with Crippen molar-refractivity contribution in [3.63, 3.8) is 0 Å². The molecule has 0 aromatic carbocycles. The first-order chi connectivity index (χ1) is 5.86. The Bertz CT molecular complexity index is 288. The fraction of sp³-hybridized carbons (Fsp3) is 0.222. The van der Waals surface area contributed by atoms with E-state index in [2.05, 4.69) is 4.98 Å². The van der Waals surface area contributed by atoms with Crippen molar-refractivity contribution in [3.05, 3.63) is 29.6 Å². The number of nitriles is 2.